The van der Waals surface area contributed by atoms with Gasteiger partial charge in [0.25, 0.3) is 0 Å². The number of para-hydroxylation sites is 1. The Morgan fingerprint density at radius 3 is 2.85 bits per heavy atom. The molecule has 0 radical (unpaired) electrons. The summed E-state index contributed by atoms with van der Waals surface area (Å²) in [4.78, 5) is 15.3. The average molecular weight is 355 g/mol. The Morgan fingerprint density at radius 1 is 1.27 bits per heavy atom. The number of amides is 2. The SMILES string of the molecule is COc1ccc([C@@H](C)NC(=O)NCCc2c[nH]c3ccccc23)cc1F. The number of methoxy groups -OCH3 is 1. The lowest BCUT2D eigenvalue weighted by Crippen LogP contribution is -2.38. The van der Waals surface area contributed by atoms with Crippen LogP contribution in [0.15, 0.2) is 48.7 Å². The van der Waals surface area contributed by atoms with Crippen molar-refractivity contribution < 1.29 is 13.9 Å². The van der Waals surface area contributed by atoms with E-state index in [1.165, 1.54) is 13.2 Å². The van der Waals surface area contributed by atoms with Crippen LogP contribution in [0.5, 0.6) is 5.75 Å². The van der Waals surface area contributed by atoms with Gasteiger partial charge in [0.2, 0.25) is 0 Å². The minimum absolute atomic E-state index is 0.184. The molecule has 2 aromatic carbocycles. The number of benzene rings is 2. The Labute approximate surface area is 151 Å². The van der Waals surface area contributed by atoms with Crippen LogP contribution in [0.2, 0.25) is 0 Å². The van der Waals surface area contributed by atoms with E-state index < -0.39 is 5.82 Å². The van der Waals surface area contributed by atoms with Crippen LogP contribution in [0.4, 0.5) is 9.18 Å². The number of hydrogen-bond donors (Lipinski definition) is 3. The molecule has 0 aliphatic heterocycles. The quantitative estimate of drug-likeness (QED) is 0.627. The lowest BCUT2D eigenvalue weighted by atomic mass is 10.1. The number of hydrogen-bond acceptors (Lipinski definition) is 2. The molecule has 0 spiro atoms. The molecule has 0 bridgehead atoms. The van der Waals surface area contributed by atoms with Crippen molar-refractivity contribution >= 4 is 16.9 Å². The van der Waals surface area contributed by atoms with Crippen molar-refractivity contribution in [1.82, 2.24) is 15.6 Å². The first-order valence-corrected chi connectivity index (χ1v) is 8.51. The Bertz CT molecular complexity index is 907. The predicted molar refractivity (Wildman–Crippen MR) is 99.9 cm³/mol. The van der Waals surface area contributed by atoms with Gasteiger partial charge < -0.3 is 20.4 Å². The molecule has 1 atom stereocenters. The number of carbonyl (C=O) groups excluding carboxylic acids is 1. The topological polar surface area (TPSA) is 66.2 Å². The van der Waals surface area contributed by atoms with E-state index in [2.05, 4.69) is 21.7 Å². The molecular formula is C20H22FN3O2. The summed E-state index contributed by atoms with van der Waals surface area (Å²) < 4.78 is 18.7. The van der Waals surface area contributed by atoms with E-state index in [9.17, 15) is 9.18 Å². The molecule has 5 nitrogen and oxygen atoms in total. The van der Waals surface area contributed by atoms with Crippen LogP contribution in [-0.4, -0.2) is 24.7 Å². The number of aromatic amines is 1. The number of urea groups is 1. The summed E-state index contributed by atoms with van der Waals surface area (Å²) >= 11 is 0. The van der Waals surface area contributed by atoms with Gasteiger partial charge in [-0.3, -0.25) is 0 Å². The number of aromatic nitrogens is 1. The van der Waals surface area contributed by atoms with E-state index in [1.807, 2.05) is 24.4 Å². The zero-order chi connectivity index (χ0) is 18.5. The molecule has 0 saturated carbocycles. The third-order valence-corrected chi connectivity index (χ3v) is 4.38. The Balaban J connectivity index is 1.51. The van der Waals surface area contributed by atoms with Gasteiger partial charge in [0.1, 0.15) is 0 Å². The number of nitrogens with one attached hydrogen (secondary N) is 3. The largest absolute Gasteiger partial charge is 0.494 e. The maximum atomic E-state index is 13.8. The second-order valence-electron chi connectivity index (χ2n) is 6.13. The molecule has 136 valence electrons. The fraction of sp³-hybridized carbons (Fsp3) is 0.250. The second-order valence-corrected chi connectivity index (χ2v) is 6.13. The molecule has 1 heterocycles. The van der Waals surface area contributed by atoms with Crippen molar-refractivity contribution in [2.24, 2.45) is 0 Å². The van der Waals surface area contributed by atoms with Gasteiger partial charge in [0, 0.05) is 23.6 Å². The van der Waals surface area contributed by atoms with E-state index in [0.717, 1.165) is 22.9 Å². The molecular weight excluding hydrogens is 333 g/mol. The third-order valence-electron chi connectivity index (χ3n) is 4.38. The highest BCUT2D eigenvalue weighted by atomic mass is 19.1. The summed E-state index contributed by atoms with van der Waals surface area (Å²) in [5, 5.41) is 6.82. The summed E-state index contributed by atoms with van der Waals surface area (Å²) in [7, 11) is 1.42. The van der Waals surface area contributed by atoms with E-state index in [0.29, 0.717) is 12.1 Å². The molecule has 0 aliphatic rings. The minimum atomic E-state index is -0.446. The Hall–Kier alpha value is -3.02. The van der Waals surface area contributed by atoms with Gasteiger partial charge in [-0.15, -0.1) is 0 Å². The van der Waals surface area contributed by atoms with Gasteiger partial charge in [-0.1, -0.05) is 24.3 Å². The van der Waals surface area contributed by atoms with E-state index in [4.69, 9.17) is 4.74 Å². The van der Waals surface area contributed by atoms with E-state index in [1.54, 1.807) is 19.1 Å². The molecule has 3 rings (SSSR count). The molecule has 6 heteroatoms. The van der Waals surface area contributed by atoms with Crippen LogP contribution in [-0.2, 0) is 6.42 Å². The molecule has 0 fully saturated rings. The second kappa shape index (κ2) is 7.91. The summed E-state index contributed by atoms with van der Waals surface area (Å²) in [5.74, 6) is -0.262. The molecule has 26 heavy (non-hydrogen) atoms. The predicted octanol–water partition coefficient (Wildman–Crippen LogP) is 3.92. The monoisotopic (exact) mass is 355 g/mol. The fourth-order valence-corrected chi connectivity index (χ4v) is 2.93. The number of halogens is 1. The molecule has 3 N–H and O–H groups in total. The van der Waals surface area contributed by atoms with Crippen molar-refractivity contribution in [3.63, 3.8) is 0 Å². The molecule has 0 unspecified atom stereocenters. The maximum Gasteiger partial charge on any atom is 0.315 e. The van der Waals surface area contributed by atoms with Crippen LogP contribution in [0.3, 0.4) is 0 Å². The van der Waals surface area contributed by atoms with Crippen LogP contribution >= 0.6 is 0 Å². The van der Waals surface area contributed by atoms with E-state index in [-0.39, 0.29) is 17.8 Å². The molecule has 3 aromatic rings. The van der Waals surface area contributed by atoms with Crippen LogP contribution in [0.1, 0.15) is 24.1 Å². The zero-order valence-electron chi connectivity index (χ0n) is 14.8. The first kappa shape index (κ1) is 17.8. The first-order chi connectivity index (χ1) is 12.6. The fourth-order valence-electron chi connectivity index (χ4n) is 2.93. The Morgan fingerprint density at radius 2 is 2.08 bits per heavy atom. The first-order valence-electron chi connectivity index (χ1n) is 8.51. The zero-order valence-corrected chi connectivity index (χ0v) is 14.8. The standard InChI is InChI=1S/C20H22FN3O2/c1-13(14-7-8-19(26-2)17(21)11-14)24-20(25)22-10-9-15-12-23-18-6-4-3-5-16(15)18/h3-8,11-13,23H,9-10H2,1-2H3,(H2,22,24,25)/t13-/m1/s1. The normalized spacial score (nSPS) is 12.0. The lowest BCUT2D eigenvalue weighted by molar-refractivity contribution is 0.238. The van der Waals surface area contributed by atoms with Gasteiger partial charge in [-0.2, -0.15) is 0 Å². The lowest BCUT2D eigenvalue weighted by Gasteiger charge is -2.16. The number of ether oxygens (including phenoxy) is 1. The van der Waals surface area contributed by atoms with Gasteiger partial charge >= 0.3 is 6.03 Å². The number of carbonyl (C=O) groups is 1. The van der Waals surface area contributed by atoms with Gasteiger partial charge in [0.15, 0.2) is 11.6 Å². The summed E-state index contributed by atoms with van der Waals surface area (Å²) in [6, 6.07) is 12.1. The number of rotatable bonds is 6. The minimum Gasteiger partial charge on any atom is -0.494 e. The van der Waals surface area contributed by atoms with Crippen molar-refractivity contribution in [3.8, 4) is 5.75 Å². The Kier molecular flexibility index (Phi) is 5.41. The number of H-pyrrole nitrogens is 1. The van der Waals surface area contributed by atoms with Crippen LogP contribution in [0, 0.1) is 5.82 Å². The van der Waals surface area contributed by atoms with Crippen molar-refractivity contribution in [1.29, 1.82) is 0 Å². The van der Waals surface area contributed by atoms with Crippen LogP contribution < -0.4 is 15.4 Å². The average Bonchev–Trinajstić information content (AvgIpc) is 3.05. The highest BCUT2D eigenvalue weighted by molar-refractivity contribution is 5.83. The van der Waals surface area contributed by atoms with Gasteiger partial charge in [-0.05, 0) is 42.7 Å². The highest BCUT2D eigenvalue weighted by Gasteiger charge is 2.12. The van der Waals surface area contributed by atoms with Gasteiger partial charge in [-0.25, -0.2) is 9.18 Å². The molecule has 1 aromatic heterocycles. The van der Waals surface area contributed by atoms with Crippen LogP contribution in [0.25, 0.3) is 10.9 Å². The molecule has 0 aliphatic carbocycles. The van der Waals surface area contributed by atoms with E-state index >= 15 is 0 Å². The smallest absolute Gasteiger partial charge is 0.315 e. The summed E-state index contributed by atoms with van der Waals surface area (Å²) in [6.45, 7) is 2.32. The molecule has 2 amide bonds. The summed E-state index contributed by atoms with van der Waals surface area (Å²) in [5.41, 5.74) is 2.92. The number of fused-ring (bicyclic) bond motifs is 1. The third kappa shape index (κ3) is 3.96. The van der Waals surface area contributed by atoms with Crippen molar-refractivity contribution in [2.45, 2.75) is 19.4 Å². The highest BCUT2D eigenvalue weighted by Crippen LogP contribution is 2.21. The summed E-state index contributed by atoms with van der Waals surface area (Å²) in [6.07, 6.45) is 2.69. The van der Waals surface area contributed by atoms with Gasteiger partial charge in [0.05, 0.1) is 13.2 Å². The van der Waals surface area contributed by atoms with Crippen molar-refractivity contribution in [2.75, 3.05) is 13.7 Å². The molecule has 0 saturated heterocycles. The van der Waals surface area contributed by atoms with Crippen molar-refractivity contribution in [3.05, 3.63) is 65.6 Å². The maximum absolute atomic E-state index is 13.8.